The quantitative estimate of drug-likeness (QED) is 0.810. The molecule has 0 N–H and O–H groups in total. The van der Waals surface area contributed by atoms with Gasteiger partial charge in [0.15, 0.2) is 5.82 Å². The molecule has 108 valence electrons. The van der Waals surface area contributed by atoms with Crippen LogP contribution in [0, 0.1) is 5.92 Å². The highest BCUT2D eigenvalue weighted by molar-refractivity contribution is 5.72. The van der Waals surface area contributed by atoms with E-state index < -0.39 is 0 Å². The van der Waals surface area contributed by atoms with E-state index in [9.17, 15) is 0 Å². The van der Waals surface area contributed by atoms with Crippen LogP contribution < -0.4 is 0 Å². The second-order valence-corrected chi connectivity index (χ2v) is 5.45. The number of hydrogen-bond acceptors (Lipinski definition) is 5. The number of nitrogens with zero attached hydrogens (tertiary/aromatic N) is 5. The van der Waals surface area contributed by atoms with Crippen molar-refractivity contribution in [1.82, 2.24) is 25.1 Å². The first kappa shape index (κ1) is 13.7. The van der Waals surface area contributed by atoms with E-state index in [0.29, 0.717) is 5.82 Å². The lowest BCUT2D eigenvalue weighted by Crippen LogP contribution is -2.28. The molecule has 5 heteroatoms. The van der Waals surface area contributed by atoms with Crippen LogP contribution in [0.2, 0.25) is 0 Å². The number of allylic oxidation sites excluding steroid dienone is 2. The zero-order chi connectivity index (χ0) is 14.5. The molecular weight excluding hydrogens is 262 g/mol. The third kappa shape index (κ3) is 3.62. The van der Waals surface area contributed by atoms with Crippen molar-refractivity contribution in [3.8, 4) is 0 Å². The lowest BCUT2D eigenvalue weighted by molar-refractivity contribution is 0.255. The number of hydrogen-bond donors (Lipinski definition) is 0. The van der Waals surface area contributed by atoms with Crippen LogP contribution >= 0.6 is 0 Å². The molecule has 0 amide bonds. The fraction of sp³-hybridized carbons (Fsp3) is 0.375. The van der Waals surface area contributed by atoms with E-state index in [1.807, 2.05) is 18.2 Å². The molecule has 3 rings (SSSR count). The number of likely N-dealkylation sites (tertiary alicyclic amines) is 1. The van der Waals surface area contributed by atoms with Crippen molar-refractivity contribution in [3.05, 3.63) is 42.6 Å². The van der Waals surface area contributed by atoms with Crippen molar-refractivity contribution in [3.63, 3.8) is 0 Å². The minimum atomic E-state index is 0.604. The van der Waals surface area contributed by atoms with Crippen molar-refractivity contribution < 1.29 is 0 Å². The summed E-state index contributed by atoms with van der Waals surface area (Å²) in [5, 5.41) is 8.20. The van der Waals surface area contributed by atoms with E-state index >= 15 is 0 Å². The van der Waals surface area contributed by atoms with Crippen LogP contribution in [0.5, 0.6) is 0 Å². The molecule has 0 aromatic carbocycles. The summed E-state index contributed by atoms with van der Waals surface area (Å²) in [6.45, 7) is 4.61. The molecule has 0 spiro atoms. The van der Waals surface area contributed by atoms with Gasteiger partial charge in [-0.1, -0.05) is 13.0 Å². The lowest BCUT2D eigenvalue weighted by Gasteiger charge is -2.28. The van der Waals surface area contributed by atoms with Gasteiger partial charge in [-0.25, -0.2) is 4.98 Å². The summed E-state index contributed by atoms with van der Waals surface area (Å²) in [5.74, 6) is 1.46. The highest BCUT2D eigenvalue weighted by Gasteiger charge is 2.11. The van der Waals surface area contributed by atoms with Gasteiger partial charge in [-0.15, -0.1) is 10.2 Å². The SMILES string of the molecule is CC1CCN(/C=C/C=C/c2nnc3ccncc3n2)CC1. The molecule has 1 fully saturated rings. The molecule has 2 aromatic heterocycles. The molecule has 2 aromatic rings. The van der Waals surface area contributed by atoms with Crippen molar-refractivity contribution in [2.24, 2.45) is 5.92 Å². The van der Waals surface area contributed by atoms with Crippen LogP contribution in [0.3, 0.4) is 0 Å². The fourth-order valence-electron chi connectivity index (χ4n) is 2.36. The number of aromatic nitrogens is 4. The van der Waals surface area contributed by atoms with Crippen LogP contribution in [0.4, 0.5) is 0 Å². The van der Waals surface area contributed by atoms with Crippen LogP contribution in [-0.4, -0.2) is 38.2 Å². The van der Waals surface area contributed by atoms with E-state index in [-0.39, 0.29) is 0 Å². The topological polar surface area (TPSA) is 54.8 Å². The zero-order valence-corrected chi connectivity index (χ0v) is 12.2. The lowest BCUT2D eigenvalue weighted by atomic mass is 10.00. The van der Waals surface area contributed by atoms with E-state index in [2.05, 4.69) is 38.2 Å². The Kier molecular flexibility index (Phi) is 4.19. The zero-order valence-electron chi connectivity index (χ0n) is 12.2. The summed E-state index contributed by atoms with van der Waals surface area (Å²) in [4.78, 5) is 10.8. The van der Waals surface area contributed by atoms with E-state index in [4.69, 9.17) is 0 Å². The Hall–Kier alpha value is -2.30. The van der Waals surface area contributed by atoms with Gasteiger partial charge in [0.2, 0.25) is 0 Å². The predicted octanol–water partition coefficient (Wildman–Crippen LogP) is 2.68. The van der Waals surface area contributed by atoms with Crippen molar-refractivity contribution in [2.75, 3.05) is 13.1 Å². The van der Waals surface area contributed by atoms with Crippen LogP contribution in [0.15, 0.2) is 36.8 Å². The molecule has 1 saturated heterocycles. The van der Waals surface area contributed by atoms with Gasteiger partial charge in [0.25, 0.3) is 0 Å². The maximum absolute atomic E-state index is 4.40. The van der Waals surface area contributed by atoms with Gasteiger partial charge < -0.3 is 4.90 Å². The van der Waals surface area contributed by atoms with Crippen LogP contribution in [0.25, 0.3) is 17.1 Å². The van der Waals surface area contributed by atoms with E-state index in [0.717, 1.165) is 30.0 Å². The molecule has 0 atom stereocenters. The van der Waals surface area contributed by atoms with Crippen molar-refractivity contribution >= 4 is 17.1 Å². The smallest absolute Gasteiger partial charge is 0.175 e. The van der Waals surface area contributed by atoms with Gasteiger partial charge in [-0.05, 0) is 43.2 Å². The maximum Gasteiger partial charge on any atom is 0.175 e. The van der Waals surface area contributed by atoms with Crippen molar-refractivity contribution in [2.45, 2.75) is 19.8 Å². The largest absolute Gasteiger partial charge is 0.377 e. The number of fused-ring (bicyclic) bond motifs is 1. The standard InChI is InChI=1S/C16H19N5/c1-13-6-10-21(11-7-13)9-3-2-4-16-18-15-12-17-8-5-14(15)19-20-16/h2-5,8-9,12-13H,6-7,10-11H2,1H3/b4-2+,9-3+. The number of rotatable bonds is 3. The summed E-state index contributed by atoms with van der Waals surface area (Å²) < 4.78 is 0. The number of piperidine rings is 1. The first-order valence-corrected chi connectivity index (χ1v) is 7.34. The summed E-state index contributed by atoms with van der Waals surface area (Å²) in [6.07, 6.45) is 13.9. The van der Waals surface area contributed by atoms with Crippen molar-refractivity contribution in [1.29, 1.82) is 0 Å². The normalized spacial score (nSPS) is 17.3. The van der Waals surface area contributed by atoms with Crippen LogP contribution in [0.1, 0.15) is 25.6 Å². The minimum Gasteiger partial charge on any atom is -0.377 e. The van der Waals surface area contributed by atoms with Gasteiger partial charge in [-0.2, -0.15) is 0 Å². The average molecular weight is 281 g/mol. The average Bonchev–Trinajstić information content (AvgIpc) is 2.53. The van der Waals surface area contributed by atoms with E-state index in [1.54, 1.807) is 18.5 Å². The summed E-state index contributed by atoms with van der Waals surface area (Å²) >= 11 is 0. The minimum absolute atomic E-state index is 0.604. The fourth-order valence-corrected chi connectivity index (χ4v) is 2.36. The van der Waals surface area contributed by atoms with Crippen LogP contribution in [-0.2, 0) is 0 Å². The monoisotopic (exact) mass is 281 g/mol. The first-order valence-electron chi connectivity index (χ1n) is 7.34. The first-order chi connectivity index (χ1) is 10.3. The Balaban J connectivity index is 1.62. The predicted molar refractivity (Wildman–Crippen MR) is 83.3 cm³/mol. The molecule has 5 nitrogen and oxygen atoms in total. The van der Waals surface area contributed by atoms with E-state index in [1.165, 1.54) is 12.8 Å². The molecule has 0 aliphatic carbocycles. The molecule has 0 radical (unpaired) electrons. The molecule has 1 aliphatic heterocycles. The Morgan fingerprint density at radius 1 is 1.14 bits per heavy atom. The Labute approximate surface area is 124 Å². The second-order valence-electron chi connectivity index (χ2n) is 5.45. The molecular formula is C16H19N5. The molecule has 3 heterocycles. The van der Waals surface area contributed by atoms with Gasteiger partial charge in [0.05, 0.1) is 6.20 Å². The van der Waals surface area contributed by atoms with Gasteiger partial charge >= 0.3 is 0 Å². The number of pyridine rings is 1. The third-order valence-corrected chi connectivity index (χ3v) is 3.74. The second kappa shape index (κ2) is 6.43. The molecule has 0 unspecified atom stereocenters. The molecule has 0 bridgehead atoms. The highest BCUT2D eigenvalue weighted by Crippen LogP contribution is 2.15. The third-order valence-electron chi connectivity index (χ3n) is 3.74. The molecule has 21 heavy (non-hydrogen) atoms. The Morgan fingerprint density at radius 2 is 2.00 bits per heavy atom. The summed E-state index contributed by atoms with van der Waals surface area (Å²) in [7, 11) is 0. The van der Waals surface area contributed by atoms with Gasteiger partial charge in [0.1, 0.15) is 11.0 Å². The van der Waals surface area contributed by atoms with Gasteiger partial charge in [-0.3, -0.25) is 4.98 Å². The molecule has 1 aliphatic rings. The summed E-state index contributed by atoms with van der Waals surface area (Å²) in [5.41, 5.74) is 1.53. The summed E-state index contributed by atoms with van der Waals surface area (Å²) in [6, 6.07) is 1.81. The molecule has 0 saturated carbocycles. The Morgan fingerprint density at radius 3 is 2.86 bits per heavy atom. The maximum atomic E-state index is 4.40. The Bertz CT molecular complexity index is 657. The highest BCUT2D eigenvalue weighted by atomic mass is 15.1. The van der Waals surface area contributed by atoms with Gasteiger partial charge in [0, 0.05) is 19.3 Å².